The molecule has 0 atom stereocenters. The van der Waals surface area contributed by atoms with E-state index >= 15 is 0 Å². The van der Waals surface area contributed by atoms with Gasteiger partial charge in [-0.15, -0.1) is 0 Å². The number of hydrogen-bond donors (Lipinski definition) is 0. The Bertz CT molecular complexity index is 565. The molecule has 0 radical (unpaired) electrons. The Morgan fingerprint density at radius 2 is 1.70 bits per heavy atom. The highest BCUT2D eigenvalue weighted by molar-refractivity contribution is 6.31. The van der Waals surface area contributed by atoms with Crippen LogP contribution in [0.5, 0.6) is 5.75 Å². The molecule has 1 nitrogen and oxygen atoms in total. The second-order valence-electron chi connectivity index (χ2n) is 5.76. The van der Waals surface area contributed by atoms with E-state index in [-0.39, 0.29) is 17.8 Å². The van der Waals surface area contributed by atoms with E-state index in [0.29, 0.717) is 16.3 Å². The lowest BCUT2D eigenvalue weighted by Crippen LogP contribution is -2.10. The summed E-state index contributed by atoms with van der Waals surface area (Å²) in [6.07, 6.45) is 0. The van der Waals surface area contributed by atoms with E-state index in [2.05, 4.69) is 20.8 Å². The minimum absolute atomic E-state index is 0.105. The van der Waals surface area contributed by atoms with Crippen LogP contribution < -0.4 is 4.74 Å². The van der Waals surface area contributed by atoms with Gasteiger partial charge in [-0.25, -0.2) is 4.39 Å². The Kier molecular flexibility index (Phi) is 4.34. The van der Waals surface area contributed by atoms with Crippen molar-refractivity contribution in [1.82, 2.24) is 0 Å². The zero-order valence-electron chi connectivity index (χ0n) is 11.9. The molecule has 0 aromatic heterocycles. The van der Waals surface area contributed by atoms with Crippen molar-refractivity contribution in [3.63, 3.8) is 0 Å². The van der Waals surface area contributed by atoms with E-state index in [0.717, 1.165) is 0 Å². The third-order valence-electron chi connectivity index (χ3n) is 3.17. The summed E-state index contributed by atoms with van der Waals surface area (Å²) in [5.41, 5.74) is 1.72. The molecule has 0 heterocycles. The molecule has 3 heteroatoms. The van der Waals surface area contributed by atoms with Crippen LogP contribution >= 0.6 is 11.6 Å². The molecule has 106 valence electrons. The summed E-state index contributed by atoms with van der Waals surface area (Å²) >= 11 is 5.96. The van der Waals surface area contributed by atoms with E-state index in [1.807, 2.05) is 24.3 Å². The smallest absolute Gasteiger partial charge is 0.131 e. The largest absolute Gasteiger partial charge is 0.489 e. The average molecular weight is 293 g/mol. The molecule has 0 aliphatic carbocycles. The van der Waals surface area contributed by atoms with Crippen molar-refractivity contribution >= 4 is 11.6 Å². The van der Waals surface area contributed by atoms with Crippen LogP contribution in [0.4, 0.5) is 4.39 Å². The summed E-state index contributed by atoms with van der Waals surface area (Å²) in [6.45, 7) is 6.59. The van der Waals surface area contributed by atoms with Crippen LogP contribution in [0.1, 0.15) is 31.9 Å². The van der Waals surface area contributed by atoms with Crippen molar-refractivity contribution in [2.45, 2.75) is 32.8 Å². The zero-order valence-corrected chi connectivity index (χ0v) is 12.7. The van der Waals surface area contributed by atoms with Crippen molar-refractivity contribution in [3.8, 4) is 5.75 Å². The molecule has 2 rings (SSSR count). The molecular weight excluding hydrogens is 275 g/mol. The van der Waals surface area contributed by atoms with Gasteiger partial charge in [0, 0.05) is 5.56 Å². The van der Waals surface area contributed by atoms with Crippen LogP contribution in [0, 0.1) is 5.82 Å². The van der Waals surface area contributed by atoms with Crippen LogP contribution in [-0.4, -0.2) is 0 Å². The van der Waals surface area contributed by atoms with E-state index in [9.17, 15) is 4.39 Å². The first-order chi connectivity index (χ1) is 9.38. The fourth-order valence-corrected chi connectivity index (χ4v) is 2.09. The first-order valence-electron chi connectivity index (χ1n) is 6.54. The number of halogens is 2. The highest BCUT2D eigenvalue weighted by Crippen LogP contribution is 2.25. The number of hydrogen-bond acceptors (Lipinski definition) is 1. The maximum Gasteiger partial charge on any atom is 0.131 e. The van der Waals surface area contributed by atoms with Crippen molar-refractivity contribution in [1.29, 1.82) is 0 Å². The summed E-state index contributed by atoms with van der Waals surface area (Å²) in [7, 11) is 0. The van der Waals surface area contributed by atoms with E-state index in [1.54, 1.807) is 12.1 Å². The fraction of sp³-hybridized carbons (Fsp3) is 0.294. The van der Waals surface area contributed by atoms with Gasteiger partial charge in [-0.2, -0.15) is 0 Å². The normalized spacial score (nSPS) is 11.4. The SMILES string of the molecule is CC(C)(C)c1ccc(OCc2c(F)cccc2Cl)cc1. The third kappa shape index (κ3) is 3.51. The van der Waals surface area contributed by atoms with Gasteiger partial charge in [0.05, 0.1) is 5.02 Å². The molecule has 0 fully saturated rings. The molecule has 20 heavy (non-hydrogen) atoms. The van der Waals surface area contributed by atoms with E-state index < -0.39 is 0 Å². The van der Waals surface area contributed by atoms with Crippen LogP contribution in [-0.2, 0) is 12.0 Å². The highest BCUT2D eigenvalue weighted by Gasteiger charge is 2.13. The number of benzene rings is 2. The Hall–Kier alpha value is -1.54. The summed E-state index contributed by atoms with van der Waals surface area (Å²) < 4.78 is 19.2. The van der Waals surface area contributed by atoms with Crippen LogP contribution in [0.25, 0.3) is 0 Å². The topological polar surface area (TPSA) is 9.23 Å². The van der Waals surface area contributed by atoms with Gasteiger partial charge >= 0.3 is 0 Å². The van der Waals surface area contributed by atoms with Crippen LogP contribution in [0.3, 0.4) is 0 Å². The highest BCUT2D eigenvalue weighted by atomic mass is 35.5. The Morgan fingerprint density at radius 3 is 2.25 bits per heavy atom. The van der Waals surface area contributed by atoms with Crippen molar-refractivity contribution in [2.24, 2.45) is 0 Å². The molecule has 0 unspecified atom stereocenters. The second-order valence-corrected chi connectivity index (χ2v) is 6.17. The van der Waals surface area contributed by atoms with Crippen molar-refractivity contribution in [3.05, 3.63) is 64.4 Å². The van der Waals surface area contributed by atoms with E-state index in [1.165, 1.54) is 11.6 Å². The monoisotopic (exact) mass is 292 g/mol. The lowest BCUT2D eigenvalue weighted by Gasteiger charge is -2.19. The molecule has 0 aliphatic rings. The molecule has 0 amide bonds. The lowest BCUT2D eigenvalue weighted by molar-refractivity contribution is 0.299. The Balaban J connectivity index is 2.08. The average Bonchev–Trinajstić information content (AvgIpc) is 2.37. The molecule has 0 spiro atoms. The molecular formula is C17H18ClFO. The zero-order chi connectivity index (χ0) is 14.8. The van der Waals surface area contributed by atoms with Gasteiger partial charge in [-0.3, -0.25) is 0 Å². The van der Waals surface area contributed by atoms with Gasteiger partial charge in [0.25, 0.3) is 0 Å². The third-order valence-corrected chi connectivity index (χ3v) is 3.52. The van der Waals surface area contributed by atoms with Crippen molar-refractivity contribution < 1.29 is 9.13 Å². The minimum atomic E-state index is -0.344. The van der Waals surface area contributed by atoms with Crippen LogP contribution in [0.15, 0.2) is 42.5 Å². The predicted octanol–water partition coefficient (Wildman–Crippen LogP) is 5.36. The van der Waals surface area contributed by atoms with Gasteiger partial charge in [0.1, 0.15) is 18.2 Å². The molecule has 0 aliphatic heterocycles. The maximum atomic E-state index is 13.6. The van der Waals surface area contributed by atoms with Gasteiger partial charge in [0.2, 0.25) is 0 Å². The first-order valence-corrected chi connectivity index (χ1v) is 6.92. The van der Waals surface area contributed by atoms with Gasteiger partial charge < -0.3 is 4.74 Å². The van der Waals surface area contributed by atoms with Gasteiger partial charge in [-0.05, 0) is 35.2 Å². The number of ether oxygens (including phenoxy) is 1. The molecule has 2 aromatic rings. The fourth-order valence-electron chi connectivity index (χ4n) is 1.88. The quantitative estimate of drug-likeness (QED) is 0.740. The molecule has 0 saturated heterocycles. The van der Waals surface area contributed by atoms with E-state index in [4.69, 9.17) is 16.3 Å². The van der Waals surface area contributed by atoms with Gasteiger partial charge in [0.15, 0.2) is 0 Å². The van der Waals surface area contributed by atoms with Crippen molar-refractivity contribution in [2.75, 3.05) is 0 Å². The lowest BCUT2D eigenvalue weighted by atomic mass is 9.87. The summed E-state index contributed by atoms with van der Waals surface area (Å²) in [5.74, 6) is 0.362. The summed E-state index contributed by atoms with van der Waals surface area (Å²) in [5, 5.41) is 0.385. The Labute approximate surface area is 124 Å². The first kappa shape index (κ1) is 14.9. The summed E-state index contributed by atoms with van der Waals surface area (Å²) in [6, 6.07) is 12.5. The summed E-state index contributed by atoms with van der Waals surface area (Å²) in [4.78, 5) is 0. The minimum Gasteiger partial charge on any atom is -0.489 e. The standard InChI is InChI=1S/C17H18ClFO/c1-17(2,3)12-7-9-13(10-8-12)20-11-14-15(18)5-4-6-16(14)19/h4-10H,11H2,1-3H3. The molecule has 0 bridgehead atoms. The molecule has 0 saturated carbocycles. The number of rotatable bonds is 3. The molecule has 2 aromatic carbocycles. The van der Waals surface area contributed by atoms with Gasteiger partial charge in [-0.1, -0.05) is 50.6 Å². The Morgan fingerprint density at radius 1 is 1.05 bits per heavy atom. The van der Waals surface area contributed by atoms with Crippen LogP contribution in [0.2, 0.25) is 5.02 Å². The maximum absolute atomic E-state index is 13.6. The predicted molar refractivity (Wildman–Crippen MR) is 80.9 cm³/mol. The second kappa shape index (κ2) is 5.84. The molecule has 0 N–H and O–H groups in total.